The second-order valence-corrected chi connectivity index (χ2v) is 8.15. The van der Waals surface area contributed by atoms with Crippen LogP contribution >= 0.6 is 11.3 Å². The Morgan fingerprint density at radius 1 is 1.55 bits per heavy atom. The summed E-state index contributed by atoms with van der Waals surface area (Å²) in [6.07, 6.45) is 1.98. The maximum atomic E-state index is 11.9. The Bertz CT molecular complexity index is 780. The standard InChI is InChI=1S/C13H15N3O4S2/c1-2-22(18,19)16-6-5-9-11(8-16)21-13(14-9)15-12(17)10-4-3-7-20-10/h3-4,7H,2,5-6,8H2,1H3,(H,14,15,17). The molecule has 3 rings (SSSR count). The van der Waals surface area contributed by atoms with Gasteiger partial charge in [0, 0.05) is 24.4 Å². The molecule has 0 bridgehead atoms. The fraction of sp³-hybridized carbons (Fsp3) is 0.385. The van der Waals surface area contributed by atoms with Gasteiger partial charge in [0.15, 0.2) is 10.9 Å². The number of aromatic nitrogens is 1. The van der Waals surface area contributed by atoms with Crippen molar-refractivity contribution in [2.24, 2.45) is 0 Å². The highest BCUT2D eigenvalue weighted by Crippen LogP contribution is 2.29. The molecule has 9 heteroatoms. The maximum absolute atomic E-state index is 11.9. The molecule has 1 N–H and O–H groups in total. The maximum Gasteiger partial charge on any atom is 0.293 e. The van der Waals surface area contributed by atoms with Crippen LogP contribution in [0.15, 0.2) is 22.8 Å². The number of sulfonamides is 1. The molecule has 22 heavy (non-hydrogen) atoms. The predicted octanol–water partition coefficient (Wildman–Crippen LogP) is 1.70. The molecule has 118 valence electrons. The van der Waals surface area contributed by atoms with Crippen molar-refractivity contribution in [2.75, 3.05) is 17.6 Å². The smallest absolute Gasteiger partial charge is 0.293 e. The third-order valence-corrected chi connectivity index (χ3v) is 6.25. The quantitative estimate of drug-likeness (QED) is 0.913. The largest absolute Gasteiger partial charge is 0.459 e. The van der Waals surface area contributed by atoms with E-state index in [0.717, 1.165) is 10.6 Å². The molecule has 0 aromatic carbocycles. The number of thiazole rings is 1. The van der Waals surface area contributed by atoms with E-state index in [1.54, 1.807) is 19.1 Å². The van der Waals surface area contributed by atoms with Crippen molar-refractivity contribution < 1.29 is 17.6 Å². The average molecular weight is 341 g/mol. The molecule has 1 amide bonds. The predicted molar refractivity (Wildman–Crippen MR) is 82.4 cm³/mol. The van der Waals surface area contributed by atoms with Crippen molar-refractivity contribution in [1.29, 1.82) is 0 Å². The Labute approximate surface area is 132 Å². The Morgan fingerprint density at radius 2 is 2.36 bits per heavy atom. The highest BCUT2D eigenvalue weighted by Gasteiger charge is 2.28. The molecular formula is C13H15N3O4S2. The van der Waals surface area contributed by atoms with Gasteiger partial charge in [-0.15, -0.1) is 11.3 Å². The van der Waals surface area contributed by atoms with Gasteiger partial charge in [-0.3, -0.25) is 10.1 Å². The third kappa shape index (κ3) is 2.92. The molecule has 0 saturated carbocycles. The van der Waals surface area contributed by atoms with E-state index in [4.69, 9.17) is 4.42 Å². The summed E-state index contributed by atoms with van der Waals surface area (Å²) < 4.78 is 30.4. The van der Waals surface area contributed by atoms with Crippen LogP contribution in [0.5, 0.6) is 0 Å². The minimum Gasteiger partial charge on any atom is -0.459 e. The molecule has 0 fully saturated rings. The van der Waals surface area contributed by atoms with Crippen molar-refractivity contribution in [1.82, 2.24) is 9.29 Å². The second-order valence-electron chi connectivity index (χ2n) is 4.80. The summed E-state index contributed by atoms with van der Waals surface area (Å²) >= 11 is 1.30. The first-order chi connectivity index (χ1) is 10.5. The number of furan rings is 1. The van der Waals surface area contributed by atoms with Crippen LogP contribution in [0, 0.1) is 0 Å². The minimum absolute atomic E-state index is 0.0865. The van der Waals surface area contributed by atoms with Crippen LogP contribution in [-0.4, -0.2) is 35.9 Å². The highest BCUT2D eigenvalue weighted by molar-refractivity contribution is 7.89. The van der Waals surface area contributed by atoms with Gasteiger partial charge in [0.1, 0.15) is 0 Å². The van der Waals surface area contributed by atoms with Crippen molar-refractivity contribution in [2.45, 2.75) is 19.9 Å². The Hall–Kier alpha value is -1.71. The number of amides is 1. The lowest BCUT2D eigenvalue weighted by Crippen LogP contribution is -2.36. The molecule has 0 atom stereocenters. The molecule has 1 aliphatic rings. The van der Waals surface area contributed by atoms with Crippen LogP contribution in [0.4, 0.5) is 5.13 Å². The number of carbonyl (C=O) groups is 1. The van der Waals surface area contributed by atoms with Crippen LogP contribution in [0.3, 0.4) is 0 Å². The van der Waals surface area contributed by atoms with Crippen LogP contribution in [0.2, 0.25) is 0 Å². The summed E-state index contributed by atoms with van der Waals surface area (Å²) in [6, 6.07) is 3.20. The zero-order chi connectivity index (χ0) is 15.7. The molecule has 0 saturated heterocycles. The summed E-state index contributed by atoms with van der Waals surface area (Å²) in [7, 11) is -3.20. The first kappa shape index (κ1) is 15.2. The molecule has 7 nitrogen and oxygen atoms in total. The molecule has 3 heterocycles. The van der Waals surface area contributed by atoms with E-state index in [2.05, 4.69) is 10.3 Å². The second kappa shape index (κ2) is 5.82. The van der Waals surface area contributed by atoms with E-state index in [-0.39, 0.29) is 17.4 Å². The molecule has 0 spiro atoms. The number of anilines is 1. The van der Waals surface area contributed by atoms with Gasteiger partial charge < -0.3 is 4.42 Å². The fourth-order valence-corrected chi connectivity index (χ4v) is 4.37. The summed E-state index contributed by atoms with van der Waals surface area (Å²) in [5.41, 5.74) is 0.849. The van der Waals surface area contributed by atoms with Gasteiger partial charge in [0.05, 0.1) is 17.7 Å². The highest BCUT2D eigenvalue weighted by atomic mass is 32.2. The molecular weight excluding hydrogens is 326 g/mol. The number of fused-ring (bicyclic) bond motifs is 1. The SMILES string of the molecule is CCS(=O)(=O)N1CCc2nc(NC(=O)c3ccco3)sc2C1. The normalized spacial score (nSPS) is 15.5. The minimum atomic E-state index is -3.20. The molecule has 0 radical (unpaired) electrons. The molecule has 2 aromatic rings. The fourth-order valence-electron chi connectivity index (χ4n) is 2.21. The zero-order valence-electron chi connectivity index (χ0n) is 11.9. The topological polar surface area (TPSA) is 92.5 Å². The molecule has 0 aliphatic carbocycles. The van der Waals surface area contributed by atoms with Crippen molar-refractivity contribution >= 4 is 32.4 Å². The van der Waals surface area contributed by atoms with Crippen LogP contribution < -0.4 is 5.32 Å². The lowest BCUT2D eigenvalue weighted by molar-refractivity contribution is 0.0996. The van der Waals surface area contributed by atoms with E-state index < -0.39 is 10.0 Å². The number of nitrogens with one attached hydrogen (secondary N) is 1. The molecule has 2 aromatic heterocycles. The van der Waals surface area contributed by atoms with E-state index in [9.17, 15) is 13.2 Å². The van der Waals surface area contributed by atoms with E-state index >= 15 is 0 Å². The number of carbonyl (C=O) groups excluding carboxylic acids is 1. The average Bonchev–Trinajstić information content (AvgIpc) is 3.15. The van der Waals surface area contributed by atoms with Gasteiger partial charge in [0.2, 0.25) is 10.0 Å². The van der Waals surface area contributed by atoms with Gasteiger partial charge in [-0.25, -0.2) is 13.4 Å². The summed E-state index contributed by atoms with van der Waals surface area (Å²) in [6.45, 7) is 2.38. The molecule has 0 unspecified atom stereocenters. The van der Waals surface area contributed by atoms with Crippen LogP contribution in [0.1, 0.15) is 28.0 Å². The summed E-state index contributed by atoms with van der Waals surface area (Å²) in [5, 5.41) is 3.14. The first-order valence-electron chi connectivity index (χ1n) is 6.81. The van der Waals surface area contributed by atoms with Crippen molar-refractivity contribution in [3.63, 3.8) is 0 Å². The number of hydrogen-bond acceptors (Lipinski definition) is 6. The van der Waals surface area contributed by atoms with Crippen LogP contribution in [0.25, 0.3) is 0 Å². The Balaban J connectivity index is 1.75. The Morgan fingerprint density at radius 3 is 3.05 bits per heavy atom. The van der Waals surface area contributed by atoms with Gasteiger partial charge in [-0.05, 0) is 19.1 Å². The van der Waals surface area contributed by atoms with E-state index in [0.29, 0.717) is 24.6 Å². The van der Waals surface area contributed by atoms with Crippen molar-refractivity contribution in [3.8, 4) is 0 Å². The number of nitrogens with zero attached hydrogens (tertiary/aromatic N) is 2. The van der Waals surface area contributed by atoms with Gasteiger partial charge >= 0.3 is 0 Å². The number of hydrogen-bond donors (Lipinski definition) is 1. The lowest BCUT2D eigenvalue weighted by Gasteiger charge is -2.24. The van der Waals surface area contributed by atoms with Gasteiger partial charge in [-0.2, -0.15) is 4.31 Å². The lowest BCUT2D eigenvalue weighted by atomic mass is 10.2. The van der Waals surface area contributed by atoms with Crippen LogP contribution in [-0.2, 0) is 23.0 Å². The van der Waals surface area contributed by atoms with E-state index in [1.807, 2.05) is 0 Å². The summed E-state index contributed by atoms with van der Waals surface area (Å²) in [5.74, 6) is -0.0686. The zero-order valence-corrected chi connectivity index (χ0v) is 13.5. The van der Waals surface area contributed by atoms with E-state index in [1.165, 1.54) is 21.9 Å². The van der Waals surface area contributed by atoms with Gasteiger partial charge in [-0.1, -0.05) is 0 Å². The summed E-state index contributed by atoms with van der Waals surface area (Å²) in [4.78, 5) is 17.2. The molecule has 1 aliphatic heterocycles. The monoisotopic (exact) mass is 341 g/mol. The number of rotatable bonds is 4. The van der Waals surface area contributed by atoms with Gasteiger partial charge in [0.25, 0.3) is 5.91 Å². The first-order valence-corrected chi connectivity index (χ1v) is 9.23. The van der Waals surface area contributed by atoms with Crippen molar-refractivity contribution in [3.05, 3.63) is 34.7 Å². The third-order valence-electron chi connectivity index (χ3n) is 3.42. The Kier molecular flexibility index (Phi) is 4.02.